The first kappa shape index (κ1) is 12.1. The number of carbonyl (C=O) groups excluding carboxylic acids is 1. The zero-order chi connectivity index (χ0) is 7.49. The fourth-order valence-electron chi connectivity index (χ4n) is 0.104. The van der Waals surface area contributed by atoms with E-state index in [0.29, 0.717) is 0 Å². The monoisotopic (exact) mass is 173 g/mol. The van der Waals surface area contributed by atoms with Gasteiger partial charge in [0.1, 0.15) is 0 Å². The van der Waals surface area contributed by atoms with Gasteiger partial charge in [-0.05, 0) is 0 Å². The summed E-state index contributed by atoms with van der Waals surface area (Å²) in [4.78, 5) is 25.5. The third-order valence-corrected chi connectivity index (χ3v) is 0.594. The molecular formula is CH8N3O5P. The number of phosphoric acid groups is 1. The van der Waals surface area contributed by atoms with Crippen LogP contribution in [0.5, 0.6) is 0 Å². The molecule has 0 spiro atoms. The zero-order valence-corrected chi connectivity index (χ0v) is 5.75. The first-order valence-electron chi connectivity index (χ1n) is 1.71. The van der Waals surface area contributed by atoms with Gasteiger partial charge < -0.3 is 21.7 Å². The highest BCUT2D eigenvalue weighted by Crippen LogP contribution is 2.33. The summed E-state index contributed by atoms with van der Waals surface area (Å²) in [5, 5.41) is 0. The number of hydrogen-bond donors (Lipinski definition) is 5. The number of rotatable bonds is 2. The minimum atomic E-state index is -4.63. The molecule has 0 aliphatic heterocycles. The Balaban J connectivity index is 0. The molecule has 8 nitrogen and oxygen atoms in total. The molecule has 62 valence electrons. The van der Waals surface area contributed by atoms with Gasteiger partial charge >= 0.3 is 13.9 Å². The predicted octanol–water partition coefficient (Wildman–Crippen LogP) is -1.16. The fourth-order valence-corrected chi connectivity index (χ4v) is 0.313. The Kier molecular flexibility index (Phi) is 5.07. The molecule has 0 rings (SSSR count). The van der Waals surface area contributed by atoms with Crippen molar-refractivity contribution >= 4 is 13.9 Å². The summed E-state index contributed by atoms with van der Waals surface area (Å²) in [6.45, 7) is 0. The molecule has 0 saturated carbocycles. The Labute approximate surface area is 56.1 Å². The van der Waals surface area contributed by atoms with Crippen LogP contribution in [-0.4, -0.2) is 15.8 Å². The molecule has 8 N–H and O–H groups in total. The van der Waals surface area contributed by atoms with Crippen LogP contribution in [0.1, 0.15) is 0 Å². The lowest BCUT2D eigenvalue weighted by Crippen LogP contribution is -2.28. The van der Waals surface area contributed by atoms with E-state index in [9.17, 15) is 9.36 Å². The molecule has 0 atom stereocenters. The second-order valence-electron chi connectivity index (χ2n) is 1.05. The lowest BCUT2D eigenvalue weighted by Gasteiger charge is -2.01. The second-order valence-corrected chi connectivity index (χ2v) is 2.21. The van der Waals surface area contributed by atoms with Gasteiger partial charge in [0.2, 0.25) is 0 Å². The zero-order valence-electron chi connectivity index (χ0n) is 4.85. The average molecular weight is 173 g/mol. The molecule has 2 amide bonds. The van der Waals surface area contributed by atoms with Crippen molar-refractivity contribution in [2.75, 3.05) is 0 Å². The third kappa shape index (κ3) is 10.3. The number of amides is 2. The van der Waals surface area contributed by atoms with Gasteiger partial charge in [-0.2, -0.15) is 4.62 Å². The molecule has 0 aromatic carbocycles. The van der Waals surface area contributed by atoms with Crippen molar-refractivity contribution in [1.29, 1.82) is 0 Å². The highest BCUT2D eigenvalue weighted by atomic mass is 31.2. The number of urea groups is 1. The van der Waals surface area contributed by atoms with E-state index < -0.39 is 13.9 Å². The Hall–Kier alpha value is -0.660. The largest absolute Gasteiger partial charge is 0.491 e. The topological polar surface area (TPSA) is 157 Å². The van der Waals surface area contributed by atoms with Crippen LogP contribution in [0.15, 0.2) is 0 Å². The summed E-state index contributed by atoms with van der Waals surface area (Å²) < 4.78 is 13.2. The first-order chi connectivity index (χ1) is 3.92. The maximum absolute atomic E-state index is 9.74. The number of nitrogens with one attached hydrogen (secondary N) is 1. The first-order valence-corrected chi connectivity index (χ1v) is 3.24. The Morgan fingerprint density at radius 2 is 2.00 bits per heavy atom. The normalized spacial score (nSPS) is 9.80. The second kappa shape index (κ2) is 4.20. The maximum atomic E-state index is 9.74. The van der Waals surface area contributed by atoms with Crippen molar-refractivity contribution in [2.24, 2.45) is 5.73 Å². The van der Waals surface area contributed by atoms with Crippen molar-refractivity contribution < 1.29 is 23.8 Å². The van der Waals surface area contributed by atoms with Crippen LogP contribution in [-0.2, 0) is 9.19 Å². The quantitative estimate of drug-likeness (QED) is 0.261. The van der Waals surface area contributed by atoms with Crippen LogP contribution in [0.2, 0.25) is 0 Å². The molecule has 0 aromatic heterocycles. The summed E-state index contributed by atoms with van der Waals surface area (Å²) in [7, 11) is -4.63. The molecule has 0 unspecified atom stereocenters. The van der Waals surface area contributed by atoms with Gasteiger partial charge in [-0.1, -0.05) is 0 Å². The third-order valence-electron chi connectivity index (χ3n) is 0.265. The smallest absolute Gasteiger partial charge is 0.350 e. The van der Waals surface area contributed by atoms with Crippen LogP contribution in [0, 0.1) is 0 Å². The van der Waals surface area contributed by atoms with Gasteiger partial charge in [0.05, 0.1) is 0 Å². The van der Waals surface area contributed by atoms with E-state index in [0.717, 1.165) is 0 Å². The summed E-state index contributed by atoms with van der Waals surface area (Å²) in [6, 6.07) is -1.17. The molecule has 0 bridgehead atoms. The number of nitrogens with two attached hydrogens (primary N) is 1. The number of carbonyl (C=O) groups is 1. The van der Waals surface area contributed by atoms with Crippen LogP contribution in [0.4, 0.5) is 4.79 Å². The van der Waals surface area contributed by atoms with Crippen LogP contribution < -0.4 is 17.4 Å². The number of primary amides is 1. The van der Waals surface area contributed by atoms with Crippen molar-refractivity contribution in [3.8, 4) is 0 Å². The van der Waals surface area contributed by atoms with Gasteiger partial charge in [-0.25, -0.2) is 14.8 Å². The molecule has 9 heteroatoms. The van der Waals surface area contributed by atoms with Gasteiger partial charge in [0.15, 0.2) is 0 Å². The SMILES string of the molecule is N.NC(=O)NOP(=O)(O)O. The predicted molar refractivity (Wildman–Crippen MR) is 30.9 cm³/mol. The lowest BCUT2D eigenvalue weighted by atomic mass is 11.2. The summed E-state index contributed by atoms with van der Waals surface area (Å²) in [5.74, 6) is 0. The van der Waals surface area contributed by atoms with Gasteiger partial charge in [-0.15, -0.1) is 0 Å². The van der Waals surface area contributed by atoms with Crippen molar-refractivity contribution in [1.82, 2.24) is 11.6 Å². The summed E-state index contributed by atoms with van der Waals surface area (Å²) in [6.07, 6.45) is 0. The molecule has 0 radical (unpaired) electrons. The van der Waals surface area contributed by atoms with Crippen molar-refractivity contribution in [3.63, 3.8) is 0 Å². The minimum absolute atomic E-state index is 0. The Morgan fingerprint density at radius 3 is 2.10 bits per heavy atom. The van der Waals surface area contributed by atoms with E-state index in [-0.39, 0.29) is 6.15 Å². The Bertz CT molecular complexity index is 151. The minimum Gasteiger partial charge on any atom is -0.350 e. The molecule has 0 aliphatic carbocycles. The van der Waals surface area contributed by atoms with E-state index >= 15 is 0 Å². The summed E-state index contributed by atoms with van der Waals surface area (Å²) in [5.41, 5.74) is 5.64. The Morgan fingerprint density at radius 1 is 1.60 bits per heavy atom. The van der Waals surface area contributed by atoms with E-state index in [1.807, 2.05) is 0 Å². The number of hydrogen-bond acceptors (Lipinski definition) is 4. The highest BCUT2D eigenvalue weighted by molar-refractivity contribution is 7.46. The van der Waals surface area contributed by atoms with Gasteiger partial charge in [0, 0.05) is 0 Å². The van der Waals surface area contributed by atoms with Crippen LogP contribution >= 0.6 is 7.82 Å². The standard InChI is InChI=1S/CH5N2O5P.H3N/c2-1(4)3-8-9(5,6)7;/h(H3,2,3,4)(H2,5,6,7);1H3. The molecule has 0 fully saturated rings. The van der Waals surface area contributed by atoms with E-state index in [1.165, 1.54) is 5.48 Å². The fraction of sp³-hybridized carbons (Fsp3) is 0. The summed E-state index contributed by atoms with van der Waals surface area (Å²) >= 11 is 0. The molecule has 0 aromatic rings. The van der Waals surface area contributed by atoms with E-state index in [2.05, 4.69) is 10.4 Å². The molecule has 10 heavy (non-hydrogen) atoms. The molecule has 0 heterocycles. The number of hydroxylamine groups is 1. The van der Waals surface area contributed by atoms with Crippen molar-refractivity contribution in [2.45, 2.75) is 0 Å². The maximum Gasteiger partial charge on any atom is 0.491 e. The van der Waals surface area contributed by atoms with E-state index in [1.54, 1.807) is 0 Å². The molecular weight excluding hydrogens is 165 g/mol. The molecule has 0 saturated heterocycles. The van der Waals surface area contributed by atoms with Crippen LogP contribution in [0.3, 0.4) is 0 Å². The van der Waals surface area contributed by atoms with Crippen LogP contribution in [0.25, 0.3) is 0 Å². The van der Waals surface area contributed by atoms with E-state index in [4.69, 9.17) is 9.79 Å². The highest BCUT2D eigenvalue weighted by Gasteiger charge is 2.14. The van der Waals surface area contributed by atoms with Crippen molar-refractivity contribution in [3.05, 3.63) is 0 Å². The van der Waals surface area contributed by atoms with Gasteiger partial charge in [0.25, 0.3) is 0 Å². The molecule has 0 aliphatic rings. The van der Waals surface area contributed by atoms with Gasteiger partial charge in [-0.3, -0.25) is 0 Å². The average Bonchev–Trinajstić information content (AvgIpc) is 1.59. The lowest BCUT2D eigenvalue weighted by molar-refractivity contribution is 0.135.